The van der Waals surface area contributed by atoms with E-state index in [-0.39, 0.29) is 12.0 Å². The monoisotopic (exact) mass is 355 g/mol. The summed E-state index contributed by atoms with van der Waals surface area (Å²) in [5.74, 6) is 0.212. The fourth-order valence-corrected chi connectivity index (χ4v) is 4.21. The van der Waals surface area contributed by atoms with Crippen molar-refractivity contribution in [1.82, 2.24) is 14.8 Å². The molecule has 26 heavy (non-hydrogen) atoms. The molecular weight excluding hydrogens is 326 g/mol. The molecule has 5 heteroatoms. The Bertz CT molecular complexity index is 736. The molecule has 2 aliphatic rings. The molecule has 1 N–H and O–H groups in total. The summed E-state index contributed by atoms with van der Waals surface area (Å²) < 4.78 is 6.05. The van der Waals surface area contributed by atoms with Gasteiger partial charge in [0.25, 0.3) is 0 Å². The number of ether oxygens (including phenoxy) is 1. The molecule has 0 aliphatic carbocycles. The maximum atomic E-state index is 12.9. The van der Waals surface area contributed by atoms with Gasteiger partial charge in [0, 0.05) is 43.3 Å². The minimum absolute atomic E-state index is 0.141. The Morgan fingerprint density at radius 2 is 1.96 bits per heavy atom. The largest absolute Gasteiger partial charge is 0.375 e. The first-order valence-corrected chi connectivity index (χ1v) is 9.96. The average molecular weight is 355 g/mol. The van der Waals surface area contributed by atoms with Gasteiger partial charge in [-0.2, -0.15) is 0 Å². The van der Waals surface area contributed by atoms with Crippen molar-refractivity contribution in [1.29, 1.82) is 0 Å². The molecule has 1 amide bonds. The molecule has 1 unspecified atom stereocenters. The van der Waals surface area contributed by atoms with Crippen LogP contribution in [0.25, 0.3) is 10.9 Å². The Morgan fingerprint density at radius 1 is 1.12 bits per heavy atom. The van der Waals surface area contributed by atoms with Crippen molar-refractivity contribution in [3.8, 4) is 0 Å². The predicted molar refractivity (Wildman–Crippen MR) is 103 cm³/mol. The number of aromatic amines is 1. The summed E-state index contributed by atoms with van der Waals surface area (Å²) in [4.78, 5) is 20.7. The van der Waals surface area contributed by atoms with E-state index in [1.165, 1.54) is 32.4 Å². The number of likely N-dealkylation sites (tertiary alicyclic amines) is 1. The third-order valence-corrected chi connectivity index (χ3v) is 5.63. The third-order valence-electron chi connectivity index (χ3n) is 5.63. The number of hydrogen-bond acceptors (Lipinski definition) is 3. The second kappa shape index (κ2) is 8.23. The van der Waals surface area contributed by atoms with Crippen molar-refractivity contribution in [3.05, 3.63) is 36.0 Å². The van der Waals surface area contributed by atoms with E-state index in [0.29, 0.717) is 6.42 Å². The van der Waals surface area contributed by atoms with Gasteiger partial charge in [-0.15, -0.1) is 0 Å². The molecule has 0 bridgehead atoms. The van der Waals surface area contributed by atoms with E-state index in [2.05, 4.69) is 22.0 Å². The highest BCUT2D eigenvalue weighted by atomic mass is 16.5. The molecular formula is C21H29N3O2. The van der Waals surface area contributed by atoms with Crippen LogP contribution in [0.5, 0.6) is 0 Å². The molecule has 2 aromatic rings. The van der Waals surface area contributed by atoms with Crippen molar-refractivity contribution in [2.75, 3.05) is 39.3 Å². The molecule has 3 heterocycles. The van der Waals surface area contributed by atoms with Crippen LogP contribution in [-0.4, -0.2) is 66.1 Å². The van der Waals surface area contributed by atoms with Gasteiger partial charge in [0.05, 0.1) is 12.5 Å². The van der Waals surface area contributed by atoms with Crippen molar-refractivity contribution in [2.24, 2.45) is 0 Å². The number of rotatable bonds is 4. The molecule has 2 saturated heterocycles. The van der Waals surface area contributed by atoms with Gasteiger partial charge in [-0.1, -0.05) is 24.6 Å². The summed E-state index contributed by atoms with van der Waals surface area (Å²) in [6.07, 6.45) is 7.42. The average Bonchev–Trinajstić information content (AvgIpc) is 2.92. The summed E-state index contributed by atoms with van der Waals surface area (Å²) in [6.45, 7) is 5.58. The lowest BCUT2D eigenvalue weighted by molar-refractivity contribution is -0.131. The fourth-order valence-electron chi connectivity index (χ4n) is 4.21. The maximum Gasteiger partial charge on any atom is 0.227 e. The number of fused-ring (bicyclic) bond motifs is 1. The van der Waals surface area contributed by atoms with E-state index in [4.69, 9.17) is 4.74 Å². The highest BCUT2D eigenvalue weighted by molar-refractivity contribution is 5.88. The Labute approximate surface area is 155 Å². The number of nitrogens with zero attached hydrogens (tertiary/aromatic N) is 2. The van der Waals surface area contributed by atoms with E-state index in [1.54, 1.807) is 0 Å². The van der Waals surface area contributed by atoms with Crippen LogP contribution < -0.4 is 0 Å². The van der Waals surface area contributed by atoms with E-state index in [9.17, 15) is 4.79 Å². The van der Waals surface area contributed by atoms with Gasteiger partial charge in [0.1, 0.15) is 0 Å². The zero-order valence-electron chi connectivity index (χ0n) is 15.5. The SMILES string of the molecule is O=C(Cc1c[nH]c2ccccc12)N1CCCOC(CN2CCCCC2)C1. The van der Waals surface area contributed by atoms with Crippen molar-refractivity contribution >= 4 is 16.8 Å². The normalized spacial score (nSPS) is 22.5. The van der Waals surface area contributed by atoms with Crippen molar-refractivity contribution in [2.45, 2.75) is 38.2 Å². The minimum atomic E-state index is 0.141. The summed E-state index contributed by atoms with van der Waals surface area (Å²) >= 11 is 0. The van der Waals surface area contributed by atoms with Crippen LogP contribution in [-0.2, 0) is 16.0 Å². The van der Waals surface area contributed by atoms with Gasteiger partial charge in [0.15, 0.2) is 0 Å². The maximum absolute atomic E-state index is 12.9. The van der Waals surface area contributed by atoms with Crippen molar-refractivity contribution in [3.63, 3.8) is 0 Å². The predicted octanol–water partition coefficient (Wildman–Crippen LogP) is 2.81. The standard InChI is InChI=1S/C21H29N3O2/c25-21(13-17-14-22-20-8-3-2-7-19(17)20)24-11-6-12-26-18(16-24)15-23-9-4-1-5-10-23/h2-3,7-8,14,18,22H,1,4-6,9-13,15-16H2. The number of benzene rings is 1. The fraction of sp³-hybridized carbons (Fsp3) is 0.571. The lowest BCUT2D eigenvalue weighted by atomic mass is 10.1. The summed E-state index contributed by atoms with van der Waals surface area (Å²) in [7, 11) is 0. The number of carbonyl (C=O) groups excluding carboxylic acids is 1. The number of nitrogens with one attached hydrogen (secondary N) is 1. The number of amides is 1. The number of aromatic nitrogens is 1. The van der Waals surface area contributed by atoms with Gasteiger partial charge in [-0.25, -0.2) is 0 Å². The second-order valence-corrected chi connectivity index (χ2v) is 7.58. The van der Waals surface area contributed by atoms with Gasteiger partial charge >= 0.3 is 0 Å². The molecule has 1 aromatic heterocycles. The van der Waals surface area contributed by atoms with E-state index >= 15 is 0 Å². The molecule has 4 rings (SSSR count). The second-order valence-electron chi connectivity index (χ2n) is 7.58. The molecule has 0 spiro atoms. The molecule has 1 aromatic carbocycles. The zero-order chi connectivity index (χ0) is 17.8. The number of H-pyrrole nitrogens is 1. The molecule has 0 radical (unpaired) electrons. The topological polar surface area (TPSA) is 48.6 Å². The number of carbonyl (C=O) groups is 1. The van der Waals surface area contributed by atoms with Gasteiger partial charge in [0.2, 0.25) is 5.91 Å². The Kier molecular flexibility index (Phi) is 5.56. The van der Waals surface area contributed by atoms with Gasteiger partial charge in [-0.05, 0) is 44.0 Å². The van der Waals surface area contributed by atoms with Crippen LogP contribution in [0.2, 0.25) is 0 Å². The van der Waals surface area contributed by atoms with Crippen LogP contribution >= 0.6 is 0 Å². The Hall–Kier alpha value is -1.85. The third kappa shape index (κ3) is 4.10. The first-order valence-electron chi connectivity index (χ1n) is 9.96. The van der Waals surface area contributed by atoms with Gasteiger partial charge < -0.3 is 19.5 Å². The molecule has 140 valence electrons. The Morgan fingerprint density at radius 3 is 2.85 bits per heavy atom. The molecule has 1 atom stereocenters. The molecule has 2 aliphatic heterocycles. The van der Waals surface area contributed by atoms with Gasteiger partial charge in [-0.3, -0.25) is 4.79 Å². The summed E-state index contributed by atoms with van der Waals surface area (Å²) in [5, 5.41) is 1.15. The van der Waals surface area contributed by atoms with Crippen LogP contribution in [0.15, 0.2) is 30.5 Å². The van der Waals surface area contributed by atoms with E-state index < -0.39 is 0 Å². The number of para-hydroxylation sites is 1. The highest BCUT2D eigenvalue weighted by Crippen LogP contribution is 2.20. The lowest BCUT2D eigenvalue weighted by Crippen LogP contribution is -2.44. The highest BCUT2D eigenvalue weighted by Gasteiger charge is 2.25. The summed E-state index contributed by atoms with van der Waals surface area (Å²) in [5.41, 5.74) is 2.18. The number of hydrogen-bond donors (Lipinski definition) is 1. The molecule has 0 saturated carbocycles. The first kappa shape index (κ1) is 17.6. The summed E-state index contributed by atoms with van der Waals surface area (Å²) in [6, 6.07) is 8.18. The van der Waals surface area contributed by atoms with Crippen LogP contribution in [0.4, 0.5) is 0 Å². The Balaban J connectivity index is 1.39. The smallest absolute Gasteiger partial charge is 0.227 e. The minimum Gasteiger partial charge on any atom is -0.375 e. The zero-order valence-corrected chi connectivity index (χ0v) is 15.5. The lowest BCUT2D eigenvalue weighted by Gasteiger charge is -2.31. The van der Waals surface area contributed by atoms with E-state index in [0.717, 1.165) is 49.1 Å². The van der Waals surface area contributed by atoms with E-state index in [1.807, 2.05) is 23.2 Å². The van der Waals surface area contributed by atoms with Crippen molar-refractivity contribution < 1.29 is 9.53 Å². The molecule has 2 fully saturated rings. The number of piperidine rings is 1. The quantitative estimate of drug-likeness (QED) is 0.917. The molecule has 5 nitrogen and oxygen atoms in total. The first-order chi connectivity index (χ1) is 12.8. The van der Waals surface area contributed by atoms with Crippen LogP contribution in [0, 0.1) is 0 Å². The van der Waals surface area contributed by atoms with Crippen LogP contribution in [0.1, 0.15) is 31.2 Å². The van der Waals surface area contributed by atoms with Crippen LogP contribution in [0.3, 0.4) is 0 Å².